The van der Waals surface area contributed by atoms with E-state index in [1.54, 1.807) is 6.26 Å². The van der Waals surface area contributed by atoms with Gasteiger partial charge in [-0.1, -0.05) is 60.7 Å². The van der Waals surface area contributed by atoms with Crippen LogP contribution in [-0.2, 0) is 17.9 Å². The molecule has 0 aliphatic carbocycles. The lowest BCUT2D eigenvalue weighted by atomic mass is 9.94. The van der Waals surface area contributed by atoms with E-state index in [4.69, 9.17) is 4.42 Å². The summed E-state index contributed by atoms with van der Waals surface area (Å²) < 4.78 is 5.39. The summed E-state index contributed by atoms with van der Waals surface area (Å²) in [6.45, 7) is 2.81. The third kappa shape index (κ3) is 5.17. The van der Waals surface area contributed by atoms with Crippen LogP contribution in [0.25, 0.3) is 11.5 Å². The van der Waals surface area contributed by atoms with Gasteiger partial charge in [-0.2, -0.15) is 0 Å². The van der Waals surface area contributed by atoms with Gasteiger partial charge in [-0.3, -0.25) is 4.79 Å². The lowest BCUT2D eigenvalue weighted by Gasteiger charge is -2.34. The van der Waals surface area contributed by atoms with Crippen molar-refractivity contribution in [1.82, 2.24) is 15.1 Å². The molecule has 1 fully saturated rings. The molecule has 3 heterocycles. The van der Waals surface area contributed by atoms with Crippen LogP contribution in [-0.4, -0.2) is 34.1 Å². The quantitative estimate of drug-likeness (QED) is 0.387. The molecule has 2 aromatic carbocycles. The molecule has 0 radical (unpaired) electrons. The lowest BCUT2D eigenvalue weighted by molar-refractivity contribution is -0.137. The fraction of sp³-hybridized carbons (Fsp3) is 0.250. The SMILES string of the molecule is O=C(C1CCN(c2ccc(-c3ccco3)nn2)CC1)N(Cc1ccccc1)Cc1ccccc1. The zero-order valence-electron chi connectivity index (χ0n) is 19.1. The molecule has 34 heavy (non-hydrogen) atoms. The highest BCUT2D eigenvalue weighted by molar-refractivity contribution is 5.79. The van der Waals surface area contributed by atoms with Crippen LogP contribution in [0, 0.1) is 5.92 Å². The maximum atomic E-state index is 13.6. The molecule has 0 saturated carbocycles. The van der Waals surface area contributed by atoms with E-state index in [9.17, 15) is 4.79 Å². The molecule has 5 rings (SSSR count). The number of aromatic nitrogens is 2. The number of anilines is 1. The predicted octanol–water partition coefficient (Wildman–Crippen LogP) is 5.18. The smallest absolute Gasteiger partial charge is 0.226 e. The summed E-state index contributed by atoms with van der Waals surface area (Å²) >= 11 is 0. The summed E-state index contributed by atoms with van der Waals surface area (Å²) in [4.78, 5) is 17.8. The Morgan fingerprint density at radius 1 is 0.824 bits per heavy atom. The summed E-state index contributed by atoms with van der Waals surface area (Å²) in [5.41, 5.74) is 3.02. The molecule has 0 atom stereocenters. The summed E-state index contributed by atoms with van der Waals surface area (Å²) in [5.74, 6) is 1.79. The first-order valence-electron chi connectivity index (χ1n) is 11.8. The van der Waals surface area contributed by atoms with Crippen LogP contribution in [0.3, 0.4) is 0 Å². The average molecular weight is 453 g/mol. The Morgan fingerprint density at radius 3 is 2.00 bits per heavy atom. The lowest BCUT2D eigenvalue weighted by Crippen LogP contribution is -2.42. The highest BCUT2D eigenvalue weighted by atomic mass is 16.3. The Bertz CT molecular complexity index is 1130. The van der Waals surface area contributed by atoms with Crippen molar-refractivity contribution in [1.29, 1.82) is 0 Å². The summed E-state index contributed by atoms with van der Waals surface area (Å²) in [7, 11) is 0. The van der Waals surface area contributed by atoms with Crippen LogP contribution in [0.4, 0.5) is 5.82 Å². The van der Waals surface area contributed by atoms with Gasteiger partial charge in [0.25, 0.3) is 0 Å². The largest absolute Gasteiger partial charge is 0.463 e. The molecule has 6 nitrogen and oxygen atoms in total. The van der Waals surface area contributed by atoms with Crippen LogP contribution in [0.5, 0.6) is 0 Å². The fourth-order valence-electron chi connectivity index (χ4n) is 4.48. The zero-order valence-corrected chi connectivity index (χ0v) is 19.1. The average Bonchev–Trinajstić information content (AvgIpc) is 3.45. The first kappa shape index (κ1) is 21.9. The number of nitrogens with zero attached hydrogens (tertiary/aromatic N) is 4. The summed E-state index contributed by atoms with van der Waals surface area (Å²) in [6.07, 6.45) is 3.24. The van der Waals surface area contributed by atoms with Crippen molar-refractivity contribution in [2.75, 3.05) is 18.0 Å². The Kier molecular flexibility index (Phi) is 6.66. The predicted molar refractivity (Wildman–Crippen MR) is 132 cm³/mol. The monoisotopic (exact) mass is 452 g/mol. The number of amides is 1. The van der Waals surface area contributed by atoms with E-state index < -0.39 is 0 Å². The van der Waals surface area contributed by atoms with Crippen molar-refractivity contribution in [3.63, 3.8) is 0 Å². The molecule has 1 amide bonds. The van der Waals surface area contributed by atoms with Gasteiger partial charge >= 0.3 is 0 Å². The second-order valence-corrected chi connectivity index (χ2v) is 8.68. The minimum atomic E-state index is 0.0130. The minimum Gasteiger partial charge on any atom is -0.463 e. The molecule has 0 unspecified atom stereocenters. The Morgan fingerprint density at radius 2 is 1.47 bits per heavy atom. The number of furan rings is 1. The van der Waals surface area contributed by atoms with Gasteiger partial charge < -0.3 is 14.2 Å². The van der Waals surface area contributed by atoms with E-state index in [2.05, 4.69) is 39.4 Å². The van der Waals surface area contributed by atoms with Crippen molar-refractivity contribution < 1.29 is 9.21 Å². The van der Waals surface area contributed by atoms with Gasteiger partial charge in [0.15, 0.2) is 11.6 Å². The molecule has 6 heteroatoms. The van der Waals surface area contributed by atoms with Crippen LogP contribution in [0.15, 0.2) is 95.6 Å². The molecule has 0 spiro atoms. The van der Waals surface area contributed by atoms with E-state index in [0.29, 0.717) is 18.8 Å². The molecule has 2 aromatic heterocycles. The molecule has 0 bridgehead atoms. The number of piperidine rings is 1. The van der Waals surface area contributed by atoms with Crippen LogP contribution < -0.4 is 4.90 Å². The van der Waals surface area contributed by atoms with Crippen molar-refractivity contribution in [2.45, 2.75) is 25.9 Å². The maximum absolute atomic E-state index is 13.6. The molecular weight excluding hydrogens is 424 g/mol. The number of benzene rings is 2. The second-order valence-electron chi connectivity index (χ2n) is 8.68. The Labute approximate surface area is 199 Å². The number of rotatable bonds is 7. The van der Waals surface area contributed by atoms with Crippen LogP contribution in [0.1, 0.15) is 24.0 Å². The summed E-state index contributed by atoms with van der Waals surface area (Å²) in [5, 5.41) is 8.71. The highest BCUT2D eigenvalue weighted by Crippen LogP contribution is 2.26. The van der Waals surface area contributed by atoms with Crippen LogP contribution >= 0.6 is 0 Å². The number of carbonyl (C=O) groups is 1. The van der Waals surface area contributed by atoms with Crippen molar-refractivity contribution in [3.05, 3.63) is 102 Å². The molecule has 1 aliphatic heterocycles. The Balaban J connectivity index is 1.24. The third-order valence-corrected chi connectivity index (χ3v) is 6.34. The molecule has 4 aromatic rings. The fourth-order valence-corrected chi connectivity index (χ4v) is 4.48. The van der Waals surface area contributed by atoms with Gasteiger partial charge in [0, 0.05) is 32.1 Å². The standard InChI is InChI=1S/C28H28N4O2/c33-28(32(20-22-8-3-1-4-9-22)21-23-10-5-2-6-11-23)24-15-17-31(18-16-24)27-14-13-25(29-30-27)26-12-7-19-34-26/h1-14,19,24H,15-18,20-21H2. The summed E-state index contributed by atoms with van der Waals surface area (Å²) in [6, 6.07) is 28.1. The topological polar surface area (TPSA) is 62.5 Å². The van der Waals surface area contributed by atoms with Gasteiger partial charge in [0.1, 0.15) is 5.69 Å². The highest BCUT2D eigenvalue weighted by Gasteiger charge is 2.29. The van der Waals surface area contributed by atoms with Crippen molar-refractivity contribution >= 4 is 11.7 Å². The van der Waals surface area contributed by atoms with Crippen LogP contribution in [0.2, 0.25) is 0 Å². The van der Waals surface area contributed by atoms with Gasteiger partial charge in [0.2, 0.25) is 5.91 Å². The third-order valence-electron chi connectivity index (χ3n) is 6.34. The van der Waals surface area contributed by atoms with E-state index in [1.807, 2.05) is 65.6 Å². The maximum Gasteiger partial charge on any atom is 0.226 e. The minimum absolute atomic E-state index is 0.0130. The zero-order chi connectivity index (χ0) is 23.2. The Hall–Kier alpha value is -3.93. The van der Waals surface area contributed by atoms with Gasteiger partial charge in [-0.15, -0.1) is 10.2 Å². The van der Waals surface area contributed by atoms with E-state index in [0.717, 1.165) is 48.6 Å². The first-order chi connectivity index (χ1) is 16.8. The number of hydrogen-bond donors (Lipinski definition) is 0. The molecule has 0 N–H and O–H groups in total. The van der Waals surface area contributed by atoms with E-state index in [1.165, 1.54) is 0 Å². The van der Waals surface area contributed by atoms with E-state index in [-0.39, 0.29) is 11.8 Å². The number of carbonyl (C=O) groups excluding carboxylic acids is 1. The normalized spacial score (nSPS) is 14.2. The van der Waals surface area contributed by atoms with Gasteiger partial charge in [-0.05, 0) is 48.2 Å². The van der Waals surface area contributed by atoms with Crippen molar-refractivity contribution in [2.24, 2.45) is 5.92 Å². The first-order valence-corrected chi connectivity index (χ1v) is 11.8. The van der Waals surface area contributed by atoms with Gasteiger partial charge in [0.05, 0.1) is 6.26 Å². The number of hydrogen-bond acceptors (Lipinski definition) is 5. The van der Waals surface area contributed by atoms with Crippen molar-refractivity contribution in [3.8, 4) is 11.5 Å². The van der Waals surface area contributed by atoms with Gasteiger partial charge in [-0.25, -0.2) is 0 Å². The molecule has 172 valence electrons. The second kappa shape index (κ2) is 10.3. The molecule has 1 aliphatic rings. The van der Waals surface area contributed by atoms with E-state index >= 15 is 0 Å². The molecular formula is C28H28N4O2. The molecule has 1 saturated heterocycles.